The number of hydrogen-bond donors (Lipinski definition) is 0. The molecule has 0 saturated carbocycles. The minimum Gasteiger partial charge on any atom is -0.456 e. The van der Waals surface area contributed by atoms with Crippen LogP contribution < -0.4 is 0 Å². The maximum Gasteiger partial charge on any atom is 0.338 e. The van der Waals surface area contributed by atoms with Gasteiger partial charge in [0.05, 0.1) is 56.3 Å². The van der Waals surface area contributed by atoms with E-state index < -0.39 is 35.3 Å². The van der Waals surface area contributed by atoms with Crippen LogP contribution in [0.2, 0.25) is 0 Å². The second kappa shape index (κ2) is 17.2. The third-order valence-electron chi connectivity index (χ3n) is 10.6. The molecule has 4 aromatic carbocycles. The summed E-state index contributed by atoms with van der Waals surface area (Å²) >= 11 is 0. The molecule has 3 saturated heterocycles. The highest BCUT2D eigenvalue weighted by molar-refractivity contribution is 5.90. The van der Waals surface area contributed by atoms with Gasteiger partial charge in [-0.05, 0) is 54.6 Å². The predicted octanol–water partition coefficient (Wildman–Crippen LogP) is 7.94. The fourth-order valence-corrected chi connectivity index (χ4v) is 6.86. The molecule has 0 unspecified atom stereocenters. The van der Waals surface area contributed by atoms with Crippen LogP contribution in [0.3, 0.4) is 0 Å². The molecule has 0 bridgehead atoms. The summed E-state index contributed by atoms with van der Waals surface area (Å²) in [4.78, 5) is 40.4. The van der Waals surface area contributed by atoms with Gasteiger partial charge in [0.15, 0.2) is 19.8 Å². The van der Waals surface area contributed by atoms with Crippen molar-refractivity contribution in [2.24, 2.45) is 16.2 Å². The van der Waals surface area contributed by atoms with Crippen LogP contribution in [0.4, 0.5) is 0 Å². The number of benzene rings is 4. The first-order valence-corrected chi connectivity index (χ1v) is 20.2. The quantitative estimate of drug-likeness (QED) is 0.101. The zero-order valence-electron chi connectivity index (χ0n) is 35.2. The minimum atomic E-state index is -1.66. The molecular formula is C48H54O12. The smallest absolute Gasteiger partial charge is 0.338 e. The Bertz CT molecular complexity index is 1850. The molecular weight excluding hydrogens is 769 g/mol. The van der Waals surface area contributed by atoms with Crippen LogP contribution >= 0.6 is 0 Å². The summed E-state index contributed by atoms with van der Waals surface area (Å²) in [5, 5.41) is 0. The average molecular weight is 823 g/mol. The maximum atomic E-state index is 13.5. The second-order valence-corrected chi connectivity index (χ2v) is 18.1. The van der Waals surface area contributed by atoms with Crippen LogP contribution in [0.15, 0.2) is 109 Å². The van der Waals surface area contributed by atoms with Crippen LogP contribution in [0.25, 0.3) is 0 Å². The number of carbonyl (C=O) groups is 3. The van der Waals surface area contributed by atoms with Crippen LogP contribution in [-0.2, 0) is 60.0 Å². The highest BCUT2D eigenvalue weighted by Gasteiger charge is 2.51. The molecule has 0 radical (unpaired) electrons. The van der Waals surface area contributed by atoms with Gasteiger partial charge in [-0.2, -0.15) is 0 Å². The summed E-state index contributed by atoms with van der Waals surface area (Å²) < 4.78 is 57.8. The number of rotatable bonds is 12. The molecule has 4 aromatic rings. The standard InChI is InChI=1S/C48H54O12/c1-43(2)25-55-46(56-26-43,31-52-40(49)34-16-10-7-11-17-34)37-22-38(47(57-27-44(3,4)28-58-47)32-53-41(50)35-18-12-8-13-19-35)24-39(23-37)48(59-29-45(5,6)30-60-48)33-54-42(51)36-20-14-9-15-21-36/h7-24H,25-33H2,1-6H3. The SMILES string of the molecule is CC1(C)COC(COC(=O)c2ccccc2)(c2cc(C3(COC(=O)c4ccccc4)OCC(C)(C)CO3)cc(C3(COC(=O)c4ccccc4)OCC(C)(C)CO3)c2)OC1. The third kappa shape index (κ3) is 9.81. The van der Waals surface area contributed by atoms with E-state index >= 15 is 0 Å². The predicted molar refractivity (Wildman–Crippen MR) is 219 cm³/mol. The molecule has 7 rings (SSSR count). The van der Waals surface area contributed by atoms with E-state index in [1.165, 1.54) is 0 Å². The normalized spacial score (nSPS) is 20.9. The molecule has 0 atom stereocenters. The van der Waals surface area contributed by atoms with Gasteiger partial charge in [0.2, 0.25) is 17.4 Å². The molecule has 3 fully saturated rings. The zero-order chi connectivity index (χ0) is 42.7. The van der Waals surface area contributed by atoms with E-state index in [0.29, 0.717) is 33.4 Å². The van der Waals surface area contributed by atoms with Gasteiger partial charge < -0.3 is 42.6 Å². The molecule has 0 N–H and O–H groups in total. The Balaban J connectivity index is 1.36. The number of esters is 3. The second-order valence-electron chi connectivity index (χ2n) is 18.1. The molecule has 0 amide bonds. The van der Waals surface area contributed by atoms with Gasteiger partial charge in [-0.15, -0.1) is 0 Å². The summed E-state index contributed by atoms with van der Waals surface area (Å²) in [6.45, 7) is 12.5. The zero-order valence-corrected chi connectivity index (χ0v) is 35.2. The molecule has 60 heavy (non-hydrogen) atoms. The topological polar surface area (TPSA) is 134 Å². The molecule has 3 heterocycles. The first-order chi connectivity index (χ1) is 28.5. The van der Waals surface area contributed by atoms with E-state index in [0.717, 1.165) is 0 Å². The Morgan fingerprint density at radius 1 is 0.400 bits per heavy atom. The average Bonchev–Trinajstić information content (AvgIpc) is 3.26. The lowest BCUT2D eigenvalue weighted by molar-refractivity contribution is -0.326. The number of carbonyl (C=O) groups excluding carboxylic acids is 3. The lowest BCUT2D eigenvalue weighted by Gasteiger charge is -2.47. The van der Waals surface area contributed by atoms with Gasteiger partial charge >= 0.3 is 17.9 Å². The van der Waals surface area contributed by atoms with Gasteiger partial charge in [-0.3, -0.25) is 0 Å². The van der Waals surface area contributed by atoms with Gasteiger partial charge in [0, 0.05) is 32.9 Å². The Kier molecular flexibility index (Phi) is 12.4. The molecule has 318 valence electrons. The van der Waals surface area contributed by atoms with Crippen molar-refractivity contribution in [1.29, 1.82) is 0 Å². The van der Waals surface area contributed by atoms with Crippen molar-refractivity contribution in [3.8, 4) is 0 Å². The lowest BCUT2D eigenvalue weighted by Crippen LogP contribution is -2.52. The van der Waals surface area contributed by atoms with E-state index in [1.54, 1.807) is 91.0 Å². The Hall–Kier alpha value is -4.95. The molecule has 12 nitrogen and oxygen atoms in total. The largest absolute Gasteiger partial charge is 0.456 e. The minimum absolute atomic E-state index is 0.248. The van der Waals surface area contributed by atoms with E-state index in [-0.39, 0.29) is 75.7 Å². The third-order valence-corrected chi connectivity index (χ3v) is 10.6. The summed E-state index contributed by atoms with van der Waals surface area (Å²) in [5.41, 5.74) is 1.15. The van der Waals surface area contributed by atoms with Gasteiger partial charge in [0.1, 0.15) is 0 Å². The van der Waals surface area contributed by atoms with Crippen molar-refractivity contribution in [2.45, 2.75) is 58.9 Å². The Morgan fingerprint density at radius 2 is 0.617 bits per heavy atom. The molecule has 3 aliphatic rings. The molecule has 0 aliphatic carbocycles. The van der Waals surface area contributed by atoms with Crippen molar-refractivity contribution < 1.29 is 57.0 Å². The van der Waals surface area contributed by atoms with Crippen LogP contribution in [-0.4, -0.2) is 77.4 Å². The molecule has 12 heteroatoms. The summed E-state index contributed by atoms with van der Waals surface area (Å²) in [6, 6.07) is 31.3. The molecule has 0 aromatic heterocycles. The Morgan fingerprint density at radius 3 is 0.833 bits per heavy atom. The number of hydrogen-bond acceptors (Lipinski definition) is 12. The van der Waals surface area contributed by atoms with Crippen molar-refractivity contribution in [3.63, 3.8) is 0 Å². The fraction of sp³-hybridized carbons (Fsp3) is 0.438. The van der Waals surface area contributed by atoms with E-state index in [9.17, 15) is 14.4 Å². The van der Waals surface area contributed by atoms with E-state index in [4.69, 9.17) is 42.6 Å². The van der Waals surface area contributed by atoms with Gasteiger partial charge in [0.25, 0.3) is 0 Å². The van der Waals surface area contributed by atoms with Gasteiger partial charge in [-0.1, -0.05) is 96.1 Å². The Labute approximate surface area is 351 Å². The first kappa shape index (κ1) is 43.1. The highest BCUT2D eigenvalue weighted by Crippen LogP contribution is 2.46. The number of ether oxygens (including phenoxy) is 9. The van der Waals surface area contributed by atoms with E-state index in [1.807, 2.05) is 59.7 Å². The summed E-state index contributed by atoms with van der Waals surface area (Å²) in [5.74, 6) is -6.68. The lowest BCUT2D eigenvalue weighted by atomic mass is 9.88. The highest BCUT2D eigenvalue weighted by atomic mass is 16.7. The molecule has 0 spiro atoms. The van der Waals surface area contributed by atoms with Crippen LogP contribution in [0.1, 0.15) is 89.3 Å². The van der Waals surface area contributed by atoms with Crippen LogP contribution in [0, 0.1) is 16.2 Å². The van der Waals surface area contributed by atoms with E-state index in [2.05, 4.69) is 0 Å². The maximum absolute atomic E-state index is 13.5. The fourth-order valence-electron chi connectivity index (χ4n) is 6.86. The van der Waals surface area contributed by atoms with Crippen molar-refractivity contribution in [1.82, 2.24) is 0 Å². The van der Waals surface area contributed by atoms with Crippen molar-refractivity contribution in [2.75, 3.05) is 59.5 Å². The summed E-state index contributed by atoms with van der Waals surface area (Å²) in [6.07, 6.45) is 0. The van der Waals surface area contributed by atoms with Crippen molar-refractivity contribution in [3.05, 3.63) is 143 Å². The molecule has 3 aliphatic heterocycles. The van der Waals surface area contributed by atoms with Crippen LogP contribution in [0.5, 0.6) is 0 Å². The van der Waals surface area contributed by atoms with Gasteiger partial charge in [-0.25, -0.2) is 14.4 Å². The monoisotopic (exact) mass is 822 g/mol. The first-order valence-electron chi connectivity index (χ1n) is 20.2. The summed E-state index contributed by atoms with van der Waals surface area (Å²) in [7, 11) is 0. The van der Waals surface area contributed by atoms with Crippen molar-refractivity contribution >= 4 is 17.9 Å².